The lowest BCUT2D eigenvalue weighted by molar-refractivity contribution is -0.137. The maximum absolute atomic E-state index is 12.9. The van der Waals surface area contributed by atoms with E-state index >= 15 is 0 Å². The fraction of sp³-hybridized carbons (Fsp3) is 0.474. The molecular weight excluding hydrogens is 320 g/mol. The number of aliphatic hydroxyl groups excluding tert-OH is 1. The van der Waals surface area contributed by atoms with Gasteiger partial charge in [0.25, 0.3) is 0 Å². The molecule has 1 saturated heterocycles. The molecule has 2 heterocycles. The van der Waals surface area contributed by atoms with Gasteiger partial charge in [0.15, 0.2) is 0 Å². The smallest absolute Gasteiger partial charge is 0.337 e. The molecule has 6 heteroatoms. The molecule has 2 unspecified atom stereocenters. The van der Waals surface area contributed by atoms with Gasteiger partial charge in [0.05, 0.1) is 11.7 Å². The van der Waals surface area contributed by atoms with Gasteiger partial charge < -0.3 is 19.7 Å². The van der Waals surface area contributed by atoms with Crippen molar-refractivity contribution in [2.75, 3.05) is 6.54 Å². The molecule has 2 aliphatic rings. The molecular formula is C19H22N2O4. The first-order valence-corrected chi connectivity index (χ1v) is 8.83. The van der Waals surface area contributed by atoms with Crippen molar-refractivity contribution in [3.8, 4) is 0 Å². The zero-order valence-electron chi connectivity index (χ0n) is 14.0. The number of rotatable bonds is 4. The van der Waals surface area contributed by atoms with E-state index in [1.54, 1.807) is 22.9 Å². The molecule has 132 valence electrons. The van der Waals surface area contributed by atoms with Gasteiger partial charge in [0.2, 0.25) is 5.91 Å². The van der Waals surface area contributed by atoms with Gasteiger partial charge in [0.1, 0.15) is 6.54 Å². The Morgan fingerprint density at radius 2 is 1.92 bits per heavy atom. The summed E-state index contributed by atoms with van der Waals surface area (Å²) < 4.78 is 1.73. The summed E-state index contributed by atoms with van der Waals surface area (Å²) in [5, 5.41) is 20.0. The third-order valence-electron chi connectivity index (χ3n) is 5.43. The minimum Gasteiger partial charge on any atom is -0.478 e. The quantitative estimate of drug-likeness (QED) is 0.891. The van der Waals surface area contributed by atoms with E-state index in [1.807, 2.05) is 17.0 Å². The monoisotopic (exact) mass is 342 g/mol. The van der Waals surface area contributed by atoms with E-state index in [9.17, 15) is 19.8 Å². The minimum atomic E-state index is -0.987. The SMILES string of the molecule is O=C(O)c1cn(CC(=O)N2CCC(O)CC2C2CC2)c2ccccc12. The lowest BCUT2D eigenvalue weighted by atomic mass is 9.95. The van der Waals surface area contributed by atoms with Gasteiger partial charge in [-0.15, -0.1) is 0 Å². The molecule has 2 atom stereocenters. The highest BCUT2D eigenvalue weighted by molar-refractivity contribution is 6.03. The van der Waals surface area contributed by atoms with Crippen molar-refractivity contribution in [1.29, 1.82) is 0 Å². The van der Waals surface area contributed by atoms with Gasteiger partial charge in [0, 0.05) is 29.7 Å². The van der Waals surface area contributed by atoms with Crippen LogP contribution in [0, 0.1) is 5.92 Å². The van der Waals surface area contributed by atoms with Crippen molar-refractivity contribution < 1.29 is 19.8 Å². The summed E-state index contributed by atoms with van der Waals surface area (Å²) in [6.45, 7) is 0.708. The molecule has 1 amide bonds. The molecule has 1 aromatic heterocycles. The Hall–Kier alpha value is -2.34. The van der Waals surface area contributed by atoms with Gasteiger partial charge in [-0.25, -0.2) is 4.79 Å². The number of para-hydroxylation sites is 1. The zero-order chi connectivity index (χ0) is 17.6. The Bertz CT molecular complexity index is 824. The summed E-state index contributed by atoms with van der Waals surface area (Å²) in [5.74, 6) is -0.476. The van der Waals surface area contributed by atoms with Crippen molar-refractivity contribution in [1.82, 2.24) is 9.47 Å². The Morgan fingerprint density at radius 1 is 1.16 bits per heavy atom. The fourth-order valence-electron chi connectivity index (χ4n) is 4.00. The Labute approximate surface area is 145 Å². The average Bonchev–Trinajstić information content (AvgIpc) is 3.37. The number of aromatic carboxylic acids is 1. The van der Waals surface area contributed by atoms with Gasteiger partial charge >= 0.3 is 5.97 Å². The highest BCUT2D eigenvalue weighted by Crippen LogP contribution is 2.39. The van der Waals surface area contributed by atoms with Crippen LogP contribution in [0.5, 0.6) is 0 Å². The summed E-state index contributed by atoms with van der Waals surface area (Å²) >= 11 is 0. The highest BCUT2D eigenvalue weighted by atomic mass is 16.4. The fourth-order valence-corrected chi connectivity index (χ4v) is 4.00. The molecule has 2 aromatic rings. The van der Waals surface area contributed by atoms with Crippen LogP contribution in [0.4, 0.5) is 0 Å². The largest absolute Gasteiger partial charge is 0.478 e. The predicted octanol–water partition coefficient (Wildman–Crippen LogP) is 2.10. The van der Waals surface area contributed by atoms with Crippen LogP contribution in [-0.4, -0.2) is 50.2 Å². The minimum absolute atomic E-state index is 0.00138. The number of carboxylic acid groups (broad SMARTS) is 1. The van der Waals surface area contributed by atoms with Crippen molar-refractivity contribution in [3.63, 3.8) is 0 Å². The van der Waals surface area contributed by atoms with Crippen LogP contribution in [0.15, 0.2) is 30.5 Å². The van der Waals surface area contributed by atoms with Crippen molar-refractivity contribution in [2.45, 2.75) is 44.4 Å². The van der Waals surface area contributed by atoms with E-state index in [1.165, 1.54) is 0 Å². The number of aromatic nitrogens is 1. The van der Waals surface area contributed by atoms with E-state index in [0.717, 1.165) is 18.4 Å². The number of carbonyl (C=O) groups excluding carboxylic acids is 1. The number of amides is 1. The zero-order valence-corrected chi connectivity index (χ0v) is 14.0. The second-order valence-corrected chi connectivity index (χ2v) is 7.16. The number of hydrogen-bond donors (Lipinski definition) is 2. The number of hydrogen-bond acceptors (Lipinski definition) is 3. The first-order valence-electron chi connectivity index (χ1n) is 8.83. The molecule has 6 nitrogen and oxygen atoms in total. The lowest BCUT2D eigenvalue weighted by Gasteiger charge is -2.38. The molecule has 4 rings (SSSR count). The molecule has 1 aliphatic heterocycles. The molecule has 2 fully saturated rings. The Balaban J connectivity index is 1.60. The van der Waals surface area contributed by atoms with E-state index in [0.29, 0.717) is 30.7 Å². The third kappa shape index (κ3) is 3.02. The van der Waals surface area contributed by atoms with E-state index in [2.05, 4.69) is 0 Å². The molecule has 1 aliphatic carbocycles. The number of benzene rings is 1. The normalized spacial score (nSPS) is 23.8. The van der Waals surface area contributed by atoms with Crippen molar-refractivity contribution in [2.24, 2.45) is 5.92 Å². The van der Waals surface area contributed by atoms with Crippen molar-refractivity contribution >= 4 is 22.8 Å². The summed E-state index contributed by atoms with van der Waals surface area (Å²) in [7, 11) is 0. The van der Waals surface area contributed by atoms with Crippen LogP contribution < -0.4 is 0 Å². The van der Waals surface area contributed by atoms with Crippen LogP contribution in [0.1, 0.15) is 36.0 Å². The topological polar surface area (TPSA) is 82.8 Å². The number of fused-ring (bicyclic) bond motifs is 1. The van der Waals surface area contributed by atoms with E-state index < -0.39 is 5.97 Å². The van der Waals surface area contributed by atoms with Gasteiger partial charge in [-0.3, -0.25) is 4.79 Å². The number of aliphatic hydroxyl groups is 1. The highest BCUT2D eigenvalue weighted by Gasteiger charge is 2.40. The van der Waals surface area contributed by atoms with Crippen LogP contribution in [-0.2, 0) is 11.3 Å². The van der Waals surface area contributed by atoms with Crippen molar-refractivity contribution in [3.05, 3.63) is 36.0 Å². The average molecular weight is 342 g/mol. The number of piperidine rings is 1. The van der Waals surface area contributed by atoms with Gasteiger partial charge in [-0.1, -0.05) is 18.2 Å². The van der Waals surface area contributed by atoms with E-state index in [4.69, 9.17) is 0 Å². The predicted molar refractivity (Wildman–Crippen MR) is 92.4 cm³/mol. The maximum Gasteiger partial charge on any atom is 0.337 e. The summed E-state index contributed by atoms with van der Waals surface area (Å²) in [6, 6.07) is 7.38. The Kier molecular flexibility index (Phi) is 4.00. The number of nitrogens with zero attached hydrogens (tertiary/aromatic N) is 2. The number of carbonyl (C=O) groups is 2. The standard InChI is InChI=1S/C19H22N2O4/c22-13-7-8-21(17(9-13)12-5-6-12)18(23)11-20-10-15(19(24)25)14-3-1-2-4-16(14)20/h1-4,10,12-13,17,22H,5-9,11H2,(H,24,25). The van der Waals surface area contributed by atoms with Gasteiger partial charge in [-0.2, -0.15) is 0 Å². The lowest BCUT2D eigenvalue weighted by Crippen LogP contribution is -2.49. The molecule has 1 saturated carbocycles. The number of carboxylic acids is 1. The molecule has 2 N–H and O–H groups in total. The molecule has 0 spiro atoms. The van der Waals surface area contributed by atoms with Crippen LogP contribution in [0.3, 0.4) is 0 Å². The summed E-state index contributed by atoms with van der Waals surface area (Å²) in [4.78, 5) is 26.3. The first-order chi connectivity index (χ1) is 12.0. The third-order valence-corrected chi connectivity index (χ3v) is 5.43. The van der Waals surface area contributed by atoms with Crippen LogP contribution in [0.2, 0.25) is 0 Å². The van der Waals surface area contributed by atoms with Gasteiger partial charge in [-0.05, 0) is 37.7 Å². The molecule has 1 aromatic carbocycles. The molecule has 0 radical (unpaired) electrons. The van der Waals surface area contributed by atoms with Crippen LogP contribution in [0.25, 0.3) is 10.9 Å². The van der Waals surface area contributed by atoms with E-state index in [-0.39, 0.29) is 30.2 Å². The molecule has 0 bridgehead atoms. The second-order valence-electron chi connectivity index (χ2n) is 7.16. The summed E-state index contributed by atoms with van der Waals surface area (Å²) in [6.07, 6.45) is 4.75. The Morgan fingerprint density at radius 3 is 2.64 bits per heavy atom. The first kappa shape index (κ1) is 16.1. The second kappa shape index (κ2) is 6.19. The maximum atomic E-state index is 12.9. The van der Waals surface area contributed by atoms with Crippen LogP contribution >= 0.6 is 0 Å². The molecule has 25 heavy (non-hydrogen) atoms. The summed E-state index contributed by atoms with van der Waals surface area (Å²) in [5.41, 5.74) is 0.976. The number of likely N-dealkylation sites (tertiary alicyclic amines) is 1.